The number of alkyl halides is 1. The van der Waals surface area contributed by atoms with Crippen molar-refractivity contribution in [1.29, 1.82) is 0 Å². The summed E-state index contributed by atoms with van der Waals surface area (Å²) in [5, 5.41) is -0.0320. The molecule has 36 heavy (non-hydrogen) atoms. The van der Waals surface area contributed by atoms with E-state index in [9.17, 15) is 0 Å². The zero-order chi connectivity index (χ0) is 27.4. The maximum Gasteiger partial charge on any atom is 0.192 e. The molecular weight excluding hydrogens is 493 g/mol. The summed E-state index contributed by atoms with van der Waals surface area (Å²) < 4.78 is 37.6. The number of hydrogen-bond donors (Lipinski definition) is 0. The predicted octanol–water partition coefficient (Wildman–Crippen LogP) is 5.85. The lowest BCUT2D eigenvalue weighted by Gasteiger charge is -2.40. The topological polar surface area (TPSA) is 74.5 Å². The Morgan fingerprint density at radius 1 is 1.03 bits per heavy atom. The average Bonchev–Trinajstić information content (AvgIpc) is 3.25. The second-order valence-corrected chi connectivity index (χ2v) is 22.8. The Hall–Kier alpha value is -1.41. The lowest BCUT2D eigenvalue weighted by Crippen LogP contribution is -2.50. The molecular formula is C25H46FN5O3Si2. The fourth-order valence-corrected chi connectivity index (χ4v) is 6.05. The summed E-state index contributed by atoms with van der Waals surface area (Å²) in [5.41, 5.74) is 1.17. The minimum Gasteiger partial charge on any atom is -0.414 e. The second-order valence-electron chi connectivity index (χ2n) is 13.2. The molecule has 3 heterocycles. The number of halogens is 1. The van der Waals surface area contributed by atoms with Crippen molar-refractivity contribution in [2.75, 3.05) is 25.6 Å². The fourth-order valence-electron chi connectivity index (χ4n) is 3.72. The van der Waals surface area contributed by atoms with Crippen LogP contribution in [0.5, 0.6) is 0 Å². The normalized spacial score (nSPS) is 24.1. The quantitative estimate of drug-likeness (QED) is 0.409. The first-order valence-electron chi connectivity index (χ1n) is 12.8. The van der Waals surface area contributed by atoms with Gasteiger partial charge in [0.05, 0.1) is 12.9 Å². The molecule has 2 aromatic heterocycles. The maximum atomic E-state index is 16.4. The van der Waals surface area contributed by atoms with Crippen LogP contribution in [0, 0.1) is 6.92 Å². The molecule has 0 aromatic carbocycles. The van der Waals surface area contributed by atoms with Gasteiger partial charge in [0, 0.05) is 14.1 Å². The van der Waals surface area contributed by atoms with Crippen LogP contribution in [0.4, 0.5) is 10.2 Å². The smallest absolute Gasteiger partial charge is 0.192 e. The molecule has 11 heteroatoms. The van der Waals surface area contributed by atoms with E-state index in [0.717, 1.165) is 0 Å². The van der Waals surface area contributed by atoms with Crippen molar-refractivity contribution >= 4 is 33.6 Å². The van der Waals surface area contributed by atoms with Gasteiger partial charge in [-0.3, -0.25) is 4.57 Å². The largest absolute Gasteiger partial charge is 0.414 e. The van der Waals surface area contributed by atoms with E-state index in [1.165, 1.54) is 0 Å². The first kappa shape index (κ1) is 29.2. The first-order chi connectivity index (χ1) is 16.3. The number of imidazole rings is 1. The van der Waals surface area contributed by atoms with Gasteiger partial charge in [-0.25, -0.2) is 19.3 Å². The van der Waals surface area contributed by atoms with Gasteiger partial charge in [-0.15, -0.1) is 0 Å². The van der Waals surface area contributed by atoms with Gasteiger partial charge in [-0.05, 0) is 43.2 Å². The van der Waals surface area contributed by atoms with Crippen LogP contribution in [0.3, 0.4) is 0 Å². The highest BCUT2D eigenvalue weighted by atomic mass is 28.4. The molecule has 0 N–H and O–H groups in total. The summed E-state index contributed by atoms with van der Waals surface area (Å²) in [4.78, 5) is 15.5. The molecule has 2 aromatic rings. The Morgan fingerprint density at radius 3 is 2.14 bits per heavy atom. The minimum absolute atomic E-state index is 0.0352. The van der Waals surface area contributed by atoms with Gasteiger partial charge in [0.2, 0.25) is 0 Å². The highest BCUT2D eigenvalue weighted by molar-refractivity contribution is 6.74. The summed E-state index contributed by atoms with van der Waals surface area (Å²) in [6.45, 7) is 23.9. The SMILES string of the molecule is Cc1nc(N(C)C)c2ncn([C@@H]3O[C@H](CO[Si](C)(C)C(C)(C)C)C(O[Si](C)(C)C(C)(C)C)[C@H]3F)c2n1. The third-order valence-corrected chi connectivity index (χ3v) is 17.1. The highest BCUT2D eigenvalue weighted by Crippen LogP contribution is 2.44. The van der Waals surface area contributed by atoms with Crippen LogP contribution < -0.4 is 4.90 Å². The maximum absolute atomic E-state index is 16.4. The molecule has 8 nitrogen and oxygen atoms in total. The molecule has 1 fully saturated rings. The van der Waals surface area contributed by atoms with Crippen LogP contribution in [0.25, 0.3) is 11.2 Å². The van der Waals surface area contributed by atoms with Gasteiger partial charge >= 0.3 is 0 Å². The van der Waals surface area contributed by atoms with E-state index in [-0.39, 0.29) is 16.7 Å². The van der Waals surface area contributed by atoms with E-state index >= 15 is 4.39 Å². The fraction of sp³-hybridized carbons (Fsp3) is 0.800. The van der Waals surface area contributed by atoms with Crippen LogP contribution >= 0.6 is 0 Å². The lowest BCUT2D eigenvalue weighted by molar-refractivity contribution is -0.0421. The third-order valence-electron chi connectivity index (χ3n) is 8.13. The molecule has 1 unspecified atom stereocenters. The van der Waals surface area contributed by atoms with Crippen molar-refractivity contribution in [3.63, 3.8) is 0 Å². The molecule has 1 aliphatic rings. The third kappa shape index (κ3) is 5.55. The average molecular weight is 540 g/mol. The number of hydrogen-bond acceptors (Lipinski definition) is 7. The monoisotopic (exact) mass is 539 g/mol. The predicted molar refractivity (Wildman–Crippen MR) is 148 cm³/mol. The molecule has 0 saturated carbocycles. The van der Waals surface area contributed by atoms with Crippen molar-refractivity contribution in [2.24, 2.45) is 0 Å². The Bertz CT molecular complexity index is 1080. The van der Waals surface area contributed by atoms with Gasteiger partial charge in [-0.1, -0.05) is 41.5 Å². The number of anilines is 1. The van der Waals surface area contributed by atoms with E-state index < -0.39 is 41.2 Å². The standard InChI is InChI=1S/C25H46FN5O3Si2/c1-16-28-21(30(8)9)19-22(29-16)31(15-27-19)23-18(26)20(34-36(12,13)25(5,6)7)17(33-23)14-32-35(10,11)24(2,3)4/h15,17-18,20,23H,14H2,1-13H3/t17-,18-,20?,23-/m1/s1. The van der Waals surface area contributed by atoms with Crippen LogP contribution in [-0.2, 0) is 13.6 Å². The van der Waals surface area contributed by atoms with Gasteiger partial charge < -0.3 is 18.5 Å². The summed E-state index contributed by atoms with van der Waals surface area (Å²) in [7, 11) is -0.549. The van der Waals surface area contributed by atoms with E-state index in [4.69, 9.17) is 13.6 Å². The number of rotatable bonds is 7. The summed E-state index contributed by atoms with van der Waals surface area (Å²) in [6.07, 6.45) is -2.00. The Balaban J connectivity index is 2.00. The van der Waals surface area contributed by atoms with Crippen molar-refractivity contribution in [3.05, 3.63) is 12.2 Å². The van der Waals surface area contributed by atoms with Crippen molar-refractivity contribution < 1.29 is 18.0 Å². The van der Waals surface area contributed by atoms with E-state index in [1.807, 2.05) is 25.9 Å². The Morgan fingerprint density at radius 2 is 1.61 bits per heavy atom. The highest BCUT2D eigenvalue weighted by Gasteiger charge is 2.52. The van der Waals surface area contributed by atoms with Crippen LogP contribution in [0.1, 0.15) is 53.6 Å². The molecule has 0 bridgehead atoms. The van der Waals surface area contributed by atoms with Gasteiger partial charge in [-0.2, -0.15) is 0 Å². The number of fused-ring (bicyclic) bond motifs is 1. The Kier molecular flexibility index (Phi) is 7.87. The molecule has 1 saturated heterocycles. The first-order valence-corrected chi connectivity index (χ1v) is 18.6. The van der Waals surface area contributed by atoms with E-state index in [0.29, 0.717) is 22.8 Å². The molecule has 204 valence electrons. The minimum atomic E-state index is -2.29. The van der Waals surface area contributed by atoms with Crippen molar-refractivity contribution in [1.82, 2.24) is 19.5 Å². The molecule has 0 radical (unpaired) electrons. The van der Waals surface area contributed by atoms with Crippen molar-refractivity contribution in [3.8, 4) is 0 Å². The van der Waals surface area contributed by atoms with Gasteiger partial charge in [0.25, 0.3) is 0 Å². The van der Waals surface area contributed by atoms with E-state index in [1.54, 1.807) is 10.9 Å². The second kappa shape index (κ2) is 9.72. The molecule has 0 aliphatic carbocycles. The number of aryl methyl sites for hydroxylation is 1. The summed E-state index contributed by atoms with van der Waals surface area (Å²) >= 11 is 0. The van der Waals surface area contributed by atoms with Crippen LogP contribution in [-0.4, -0.2) is 75.2 Å². The Labute approximate surface area is 218 Å². The summed E-state index contributed by atoms with van der Waals surface area (Å²) in [6, 6.07) is 0. The zero-order valence-corrected chi connectivity index (χ0v) is 26.4. The molecule has 0 amide bonds. The molecule has 3 rings (SSSR count). The number of aromatic nitrogens is 4. The van der Waals surface area contributed by atoms with Gasteiger partial charge in [0.15, 0.2) is 46.0 Å². The van der Waals surface area contributed by atoms with Crippen LogP contribution in [0.15, 0.2) is 6.33 Å². The summed E-state index contributed by atoms with van der Waals surface area (Å²) in [5.74, 6) is 1.28. The van der Waals surface area contributed by atoms with Gasteiger partial charge in [0.1, 0.15) is 18.0 Å². The van der Waals surface area contributed by atoms with E-state index in [2.05, 4.69) is 82.7 Å². The van der Waals surface area contributed by atoms with Crippen LogP contribution in [0.2, 0.25) is 36.3 Å². The number of nitrogens with zero attached hydrogens (tertiary/aromatic N) is 5. The molecule has 0 spiro atoms. The molecule has 1 aliphatic heterocycles. The number of ether oxygens (including phenoxy) is 1. The zero-order valence-electron chi connectivity index (χ0n) is 24.4. The lowest BCUT2D eigenvalue weighted by atomic mass is 10.1. The van der Waals surface area contributed by atoms with Crippen molar-refractivity contribution in [2.45, 2.75) is 109 Å². The molecule has 4 atom stereocenters.